The Morgan fingerprint density at radius 3 is 2.55 bits per heavy atom. The molecule has 1 heterocycles. The fourth-order valence-corrected chi connectivity index (χ4v) is 6.79. The molecule has 0 spiro atoms. The summed E-state index contributed by atoms with van der Waals surface area (Å²) in [4.78, 5) is 29.1. The van der Waals surface area contributed by atoms with Crippen molar-refractivity contribution in [2.24, 2.45) is 0 Å². The maximum atomic E-state index is 13.6. The van der Waals surface area contributed by atoms with Gasteiger partial charge >= 0.3 is 0 Å². The van der Waals surface area contributed by atoms with Crippen LogP contribution >= 0.6 is 23.4 Å². The van der Waals surface area contributed by atoms with Gasteiger partial charge in [-0.2, -0.15) is 0 Å². The third kappa shape index (κ3) is 6.25. The van der Waals surface area contributed by atoms with Gasteiger partial charge in [-0.1, -0.05) is 60.8 Å². The highest BCUT2D eigenvalue weighted by Crippen LogP contribution is 2.42. The van der Waals surface area contributed by atoms with Crippen molar-refractivity contribution in [2.45, 2.75) is 50.1 Å². The van der Waals surface area contributed by atoms with E-state index in [2.05, 4.69) is 5.32 Å². The Labute approximate surface area is 233 Å². The van der Waals surface area contributed by atoms with E-state index in [0.717, 1.165) is 46.6 Å². The van der Waals surface area contributed by atoms with E-state index in [1.165, 1.54) is 6.42 Å². The number of benzene rings is 3. The summed E-state index contributed by atoms with van der Waals surface area (Å²) in [5.74, 6) is 0.714. The van der Waals surface area contributed by atoms with Gasteiger partial charge in [0.1, 0.15) is 5.75 Å². The van der Waals surface area contributed by atoms with Gasteiger partial charge in [-0.25, -0.2) is 0 Å². The average Bonchev–Trinajstić information content (AvgIpc) is 2.94. The van der Waals surface area contributed by atoms with Crippen LogP contribution in [0.25, 0.3) is 6.08 Å². The molecule has 5 rings (SSSR count). The van der Waals surface area contributed by atoms with Crippen molar-refractivity contribution >= 4 is 41.3 Å². The molecule has 5 nitrogen and oxygen atoms in total. The summed E-state index contributed by atoms with van der Waals surface area (Å²) in [6, 6.07) is 23.0. The zero-order valence-electron chi connectivity index (χ0n) is 21.4. The number of hydrogen-bond acceptors (Lipinski definition) is 4. The molecule has 0 radical (unpaired) electrons. The second-order valence-corrected chi connectivity index (χ2v) is 11.4. The first kappa shape index (κ1) is 26.4. The van der Waals surface area contributed by atoms with Gasteiger partial charge in [0, 0.05) is 35.0 Å². The number of carbonyl (C=O) groups excluding carboxylic acids is 2. The van der Waals surface area contributed by atoms with Gasteiger partial charge < -0.3 is 15.0 Å². The number of nitrogens with zero attached hydrogens (tertiary/aromatic N) is 1. The molecule has 1 aliphatic carbocycles. The van der Waals surface area contributed by atoms with E-state index in [9.17, 15) is 9.59 Å². The third-order valence-corrected chi connectivity index (χ3v) is 8.78. The van der Waals surface area contributed by atoms with Gasteiger partial charge in [0.25, 0.3) is 11.8 Å². The van der Waals surface area contributed by atoms with Crippen LogP contribution in [-0.2, 0) is 17.9 Å². The number of ether oxygens (including phenoxy) is 1. The lowest BCUT2D eigenvalue weighted by atomic mass is 9.92. The highest BCUT2D eigenvalue weighted by Gasteiger charge is 2.40. The molecule has 2 amide bonds. The molecule has 1 saturated carbocycles. The van der Waals surface area contributed by atoms with Crippen molar-refractivity contribution in [3.63, 3.8) is 0 Å². The summed E-state index contributed by atoms with van der Waals surface area (Å²) in [6.07, 6.45) is 6.46. The molecular formula is C31H31ClN2O3S. The van der Waals surface area contributed by atoms with Crippen molar-refractivity contribution in [2.75, 3.05) is 7.11 Å². The highest BCUT2D eigenvalue weighted by atomic mass is 35.5. The molecule has 2 unspecified atom stereocenters. The van der Waals surface area contributed by atoms with E-state index < -0.39 is 0 Å². The Bertz CT molecular complexity index is 1320. The predicted molar refractivity (Wildman–Crippen MR) is 154 cm³/mol. The summed E-state index contributed by atoms with van der Waals surface area (Å²) < 4.78 is 5.18. The number of nitrogens with one attached hydrogen (secondary N) is 1. The van der Waals surface area contributed by atoms with E-state index >= 15 is 0 Å². The standard InChI is InChI=1S/C31H31ClN2O3S/c1-37-26-15-11-22(12-16-26)19-33-30(35)24-13-9-21(10-14-24)18-29-31(36)34(20-23-5-4-6-25(32)17-23)27-7-2-3-8-28(27)38-29/h4-6,9-18,27-28H,2-3,7-8,19-20H2,1H3,(H,33,35)/b29-18+. The summed E-state index contributed by atoms with van der Waals surface area (Å²) in [6.45, 7) is 0.997. The Morgan fingerprint density at radius 2 is 1.82 bits per heavy atom. The Hall–Kier alpha value is -3.22. The first-order chi connectivity index (χ1) is 18.5. The van der Waals surface area contributed by atoms with Crippen LogP contribution in [0.5, 0.6) is 5.75 Å². The van der Waals surface area contributed by atoms with Crippen LogP contribution in [0.1, 0.15) is 52.7 Å². The molecule has 0 bridgehead atoms. The molecule has 1 N–H and O–H groups in total. The summed E-state index contributed by atoms with van der Waals surface area (Å²) >= 11 is 7.93. The second-order valence-electron chi connectivity index (χ2n) is 9.73. The van der Waals surface area contributed by atoms with Crippen molar-refractivity contribution < 1.29 is 14.3 Å². The molecule has 3 aromatic carbocycles. The molecule has 2 fully saturated rings. The number of rotatable bonds is 7. The number of carbonyl (C=O) groups is 2. The third-order valence-electron chi connectivity index (χ3n) is 7.14. The minimum absolute atomic E-state index is 0.0689. The molecule has 0 aromatic heterocycles. The number of hydrogen-bond donors (Lipinski definition) is 1. The Morgan fingerprint density at radius 1 is 1.05 bits per heavy atom. The maximum absolute atomic E-state index is 13.6. The average molecular weight is 547 g/mol. The first-order valence-corrected chi connectivity index (χ1v) is 14.2. The van der Waals surface area contributed by atoms with E-state index in [4.69, 9.17) is 16.3 Å². The Balaban J connectivity index is 1.28. The monoisotopic (exact) mass is 546 g/mol. The van der Waals surface area contributed by atoms with Crippen LogP contribution in [0.4, 0.5) is 0 Å². The van der Waals surface area contributed by atoms with Crippen molar-refractivity contribution in [3.05, 3.63) is 105 Å². The van der Waals surface area contributed by atoms with Gasteiger partial charge in [-0.3, -0.25) is 9.59 Å². The SMILES string of the molecule is COc1ccc(CNC(=O)c2ccc(/C=C3/SC4CCCCC4N(Cc4cccc(Cl)c4)C3=O)cc2)cc1. The van der Waals surface area contributed by atoms with E-state index in [0.29, 0.717) is 28.9 Å². The molecule has 38 heavy (non-hydrogen) atoms. The minimum atomic E-state index is -0.138. The van der Waals surface area contributed by atoms with Gasteiger partial charge in [0.05, 0.1) is 12.0 Å². The fraction of sp³-hybridized carbons (Fsp3) is 0.290. The second kappa shape index (κ2) is 12.1. The summed E-state index contributed by atoms with van der Waals surface area (Å²) in [7, 11) is 1.63. The number of thioether (sulfide) groups is 1. The lowest BCUT2D eigenvalue weighted by molar-refractivity contribution is -0.130. The summed E-state index contributed by atoms with van der Waals surface area (Å²) in [5, 5.41) is 4.04. The summed E-state index contributed by atoms with van der Waals surface area (Å²) in [5.41, 5.74) is 3.53. The minimum Gasteiger partial charge on any atom is -0.497 e. The predicted octanol–water partition coefficient (Wildman–Crippen LogP) is 6.71. The molecule has 2 atom stereocenters. The number of fused-ring (bicyclic) bond motifs is 1. The van der Waals surface area contributed by atoms with Gasteiger partial charge in [-0.15, -0.1) is 11.8 Å². The van der Waals surface area contributed by atoms with Crippen LogP contribution in [0, 0.1) is 0 Å². The van der Waals surface area contributed by atoms with E-state index in [1.807, 2.05) is 71.6 Å². The van der Waals surface area contributed by atoms with Crippen LogP contribution < -0.4 is 10.1 Å². The van der Waals surface area contributed by atoms with Gasteiger partial charge in [0.15, 0.2) is 0 Å². The van der Waals surface area contributed by atoms with Crippen molar-refractivity contribution in [1.82, 2.24) is 10.2 Å². The lowest BCUT2D eigenvalue weighted by Crippen LogP contribution is -2.50. The molecule has 3 aromatic rings. The largest absolute Gasteiger partial charge is 0.497 e. The number of halogens is 1. The van der Waals surface area contributed by atoms with E-state index in [1.54, 1.807) is 31.0 Å². The quantitative estimate of drug-likeness (QED) is 0.335. The zero-order chi connectivity index (χ0) is 26.5. The molecule has 1 aliphatic heterocycles. The topological polar surface area (TPSA) is 58.6 Å². The van der Waals surface area contributed by atoms with E-state index in [-0.39, 0.29) is 17.9 Å². The maximum Gasteiger partial charge on any atom is 0.260 e. The van der Waals surface area contributed by atoms with Crippen molar-refractivity contribution in [3.8, 4) is 5.75 Å². The van der Waals surface area contributed by atoms with Crippen LogP contribution in [0.2, 0.25) is 5.02 Å². The normalized spacial score (nSPS) is 20.2. The number of amides is 2. The molecule has 1 saturated heterocycles. The van der Waals surface area contributed by atoms with Crippen LogP contribution in [0.3, 0.4) is 0 Å². The molecule has 196 valence electrons. The van der Waals surface area contributed by atoms with Gasteiger partial charge in [0.2, 0.25) is 0 Å². The Kier molecular flexibility index (Phi) is 8.40. The van der Waals surface area contributed by atoms with Crippen molar-refractivity contribution in [1.29, 1.82) is 0 Å². The zero-order valence-corrected chi connectivity index (χ0v) is 22.9. The molecule has 2 aliphatic rings. The van der Waals surface area contributed by atoms with Crippen LogP contribution in [0.15, 0.2) is 77.7 Å². The van der Waals surface area contributed by atoms with Crippen LogP contribution in [-0.4, -0.2) is 35.1 Å². The molecular weight excluding hydrogens is 516 g/mol. The highest BCUT2D eigenvalue weighted by molar-refractivity contribution is 8.04. The first-order valence-electron chi connectivity index (χ1n) is 12.9. The molecule has 7 heteroatoms. The number of methoxy groups -OCH3 is 1. The fourth-order valence-electron chi connectivity index (χ4n) is 5.10. The smallest absolute Gasteiger partial charge is 0.260 e. The van der Waals surface area contributed by atoms with Gasteiger partial charge in [-0.05, 0) is 72.0 Å². The lowest BCUT2D eigenvalue weighted by Gasteiger charge is -2.44.